The molecule has 0 aromatic carbocycles. The summed E-state index contributed by atoms with van der Waals surface area (Å²) in [5.74, 6) is 0. The second kappa shape index (κ2) is 2.31. The minimum absolute atomic E-state index is 0.0495. The number of hydrogen-bond donors (Lipinski definition) is 2. The van der Waals surface area contributed by atoms with E-state index in [9.17, 15) is 0 Å². The Kier molecular flexibility index (Phi) is 0.760. The summed E-state index contributed by atoms with van der Waals surface area (Å²) in [5.41, 5.74) is -0.550. The van der Waals surface area contributed by atoms with Crippen molar-refractivity contribution in [3.8, 4) is 0 Å². The molecule has 48 valence electrons. The van der Waals surface area contributed by atoms with Gasteiger partial charge in [0.05, 0.1) is 1.37 Å². The van der Waals surface area contributed by atoms with Gasteiger partial charge in [-0.2, -0.15) is 5.10 Å². The maximum Gasteiger partial charge on any atom is 0.138 e. The molecule has 0 aliphatic rings. The van der Waals surface area contributed by atoms with Crippen LogP contribution in [0.2, 0.25) is 0 Å². The van der Waals surface area contributed by atoms with Gasteiger partial charge in [0.1, 0.15) is 10.1 Å². The quantitative estimate of drug-likeness (QED) is 0.631. The van der Waals surface area contributed by atoms with Gasteiger partial charge in [0.2, 0.25) is 0 Å². The largest absolute Gasteiger partial charge is 0.283 e. The topological polar surface area (TPSA) is 52.5 Å². The van der Waals surface area contributed by atoms with Gasteiger partial charge in [-0.05, 0) is 34.4 Å². The number of hydrogen-bond acceptors (Lipinski definition) is 2. The van der Waals surface area contributed by atoms with Crippen molar-refractivity contribution in [1.82, 2.24) is 10.2 Å². The highest BCUT2D eigenvalue weighted by Gasteiger charge is 1.91. The molecule has 0 bridgehead atoms. The van der Waals surface area contributed by atoms with E-state index in [-0.39, 0.29) is 21.7 Å². The van der Waals surface area contributed by atoms with E-state index in [2.05, 4.69) is 26.1 Å². The van der Waals surface area contributed by atoms with Crippen LogP contribution in [0.25, 0.3) is 0 Å². The summed E-state index contributed by atoms with van der Waals surface area (Å²) in [6.07, 6.45) is 0. The molecule has 0 aliphatic carbocycles. The van der Waals surface area contributed by atoms with Crippen molar-refractivity contribution in [3.05, 3.63) is 21.7 Å². The van der Waals surface area contributed by atoms with E-state index in [0.29, 0.717) is 0 Å². The highest BCUT2D eigenvalue weighted by molar-refractivity contribution is 9.10. The number of rotatable bonds is 0. The number of nitrogens with one attached hydrogen (secondary N) is 2. The Labute approximate surface area is 66.4 Å². The molecule has 0 atom stereocenters. The first-order valence-corrected chi connectivity index (χ1v) is 2.93. The molecule has 1 heterocycles. The third-order valence-corrected chi connectivity index (χ3v) is 1.30. The maximum absolute atomic E-state index is 7.34. The highest BCUT2D eigenvalue weighted by Crippen LogP contribution is 2.06. The lowest BCUT2D eigenvalue weighted by Gasteiger charge is -1.91. The van der Waals surface area contributed by atoms with Gasteiger partial charge in [-0.15, -0.1) is 0 Å². The van der Waals surface area contributed by atoms with E-state index in [1.807, 2.05) is 0 Å². The second-order valence-electron chi connectivity index (χ2n) is 1.39. The zero-order chi connectivity index (χ0) is 10.2. The first kappa shape index (κ1) is 2.96. The van der Waals surface area contributed by atoms with Gasteiger partial charge < -0.3 is 0 Å². The molecule has 0 fully saturated rings. The van der Waals surface area contributed by atoms with Gasteiger partial charge in [-0.3, -0.25) is 10.5 Å². The fraction of sp³-hybridized carbons (Fsp3) is 0.200. The molecule has 0 radical (unpaired) electrons. The van der Waals surface area contributed by atoms with Crippen LogP contribution in [0.5, 0.6) is 0 Å². The molecule has 9 heavy (non-hydrogen) atoms. The first-order chi connectivity index (χ1) is 5.84. The van der Waals surface area contributed by atoms with E-state index in [1.54, 1.807) is 0 Å². The van der Waals surface area contributed by atoms with Gasteiger partial charge in [0, 0.05) is 4.11 Å². The number of halogens is 1. The molecule has 0 aliphatic heterocycles. The molecular weight excluding hydrogens is 182 g/mol. The lowest BCUT2D eigenvalue weighted by Crippen LogP contribution is -2.07. The second-order valence-corrected chi connectivity index (χ2v) is 2.14. The van der Waals surface area contributed by atoms with Crippen LogP contribution in [0.4, 0.5) is 0 Å². The number of aromatic nitrogens is 2. The van der Waals surface area contributed by atoms with Gasteiger partial charge >= 0.3 is 0 Å². The Morgan fingerprint density at radius 3 is 3.44 bits per heavy atom. The smallest absolute Gasteiger partial charge is 0.138 e. The Morgan fingerprint density at radius 1 is 2.11 bits per heavy atom. The third kappa shape index (κ3) is 1.38. The summed E-state index contributed by atoms with van der Waals surface area (Å²) < 4.78 is 28.7. The van der Waals surface area contributed by atoms with Crippen molar-refractivity contribution in [2.24, 2.45) is 0 Å². The van der Waals surface area contributed by atoms with Crippen LogP contribution in [0.15, 0.2) is 10.6 Å². The zero-order valence-corrected chi connectivity index (χ0v) is 5.91. The van der Waals surface area contributed by atoms with E-state index in [0.717, 1.165) is 0 Å². The molecule has 0 amide bonds. The Morgan fingerprint density at radius 2 is 2.89 bits per heavy atom. The van der Waals surface area contributed by atoms with Crippen LogP contribution in [-0.4, -0.2) is 10.2 Å². The summed E-state index contributed by atoms with van der Waals surface area (Å²) in [7, 11) is 0. The monoisotopic (exact) mass is 191 g/mol. The van der Waals surface area contributed by atoms with Gasteiger partial charge in [0.15, 0.2) is 0 Å². The molecule has 1 aromatic heterocycles. The molecule has 1 rings (SSSR count). The van der Waals surface area contributed by atoms with Gasteiger partial charge in [-0.25, -0.2) is 0 Å². The van der Waals surface area contributed by atoms with Crippen molar-refractivity contribution in [1.29, 1.82) is 5.41 Å². The van der Waals surface area contributed by atoms with Crippen molar-refractivity contribution >= 4 is 15.9 Å². The maximum atomic E-state index is 7.34. The minimum atomic E-state index is -2.42. The van der Waals surface area contributed by atoms with Crippen LogP contribution in [0, 0.1) is 12.3 Å². The summed E-state index contributed by atoms with van der Waals surface area (Å²) in [4.78, 5) is 0. The average molecular weight is 192 g/mol. The van der Waals surface area contributed by atoms with E-state index in [4.69, 9.17) is 10.9 Å². The molecular formula is C5H6BrN3. The Bertz CT molecular complexity index is 382. The third-order valence-electron chi connectivity index (χ3n) is 0.722. The fourth-order valence-corrected chi connectivity index (χ4v) is 0.553. The highest BCUT2D eigenvalue weighted by atomic mass is 79.9. The van der Waals surface area contributed by atoms with Crippen molar-refractivity contribution in [2.75, 3.05) is 0 Å². The molecule has 4 heteroatoms. The molecule has 0 saturated heterocycles. The average Bonchev–Trinajstić information content (AvgIpc) is 1.95. The van der Waals surface area contributed by atoms with Crippen molar-refractivity contribution in [3.63, 3.8) is 0 Å². The van der Waals surface area contributed by atoms with E-state index in [1.165, 1.54) is 0 Å². The summed E-state index contributed by atoms with van der Waals surface area (Å²) in [6, 6.07) is -0.359. The fourth-order valence-electron chi connectivity index (χ4n) is 0.365. The Hall–Kier alpha value is -0.640. The minimum Gasteiger partial charge on any atom is -0.283 e. The SMILES string of the molecule is [2H]c1c(C([2H])([2H])[2H])c(Br)n[nH]c1=N. The van der Waals surface area contributed by atoms with Crippen LogP contribution < -0.4 is 5.49 Å². The van der Waals surface area contributed by atoms with Crippen LogP contribution in [-0.2, 0) is 0 Å². The van der Waals surface area contributed by atoms with Crippen LogP contribution in [0.1, 0.15) is 11.0 Å². The zero-order valence-electron chi connectivity index (χ0n) is 8.33. The normalized spacial score (nSPS) is 17.4. The van der Waals surface area contributed by atoms with Crippen molar-refractivity contribution in [2.45, 2.75) is 6.85 Å². The predicted molar refractivity (Wildman–Crippen MR) is 36.9 cm³/mol. The number of aromatic amines is 1. The molecule has 3 nitrogen and oxygen atoms in total. The predicted octanol–water partition coefficient (Wildman–Crippen LogP) is 0.960. The number of H-pyrrole nitrogens is 1. The summed E-state index contributed by atoms with van der Waals surface area (Å²) in [5, 5.41) is 12.9. The standard InChI is InChI=1S/C5H6BrN3/c1-3-2-4(7)8-9-5(3)6/h2H,1H3,(H2,7,8)/i1D3,2D. The van der Waals surface area contributed by atoms with Crippen LogP contribution >= 0.6 is 15.9 Å². The van der Waals surface area contributed by atoms with Gasteiger partial charge in [0.25, 0.3) is 0 Å². The number of nitrogens with zero attached hydrogens (tertiary/aromatic N) is 1. The lowest BCUT2D eigenvalue weighted by atomic mass is 10.4. The molecule has 1 aromatic rings. The van der Waals surface area contributed by atoms with E-state index < -0.39 is 6.85 Å². The summed E-state index contributed by atoms with van der Waals surface area (Å²) >= 11 is 2.91. The van der Waals surface area contributed by atoms with Crippen LogP contribution in [0.3, 0.4) is 0 Å². The van der Waals surface area contributed by atoms with Gasteiger partial charge in [-0.1, -0.05) is 0 Å². The molecule has 0 unspecified atom stereocenters. The first-order valence-electron chi connectivity index (χ1n) is 4.14. The lowest BCUT2D eigenvalue weighted by molar-refractivity contribution is 0.904. The Balaban J connectivity index is 3.52. The molecule has 0 spiro atoms. The van der Waals surface area contributed by atoms with Crippen molar-refractivity contribution < 1.29 is 5.48 Å². The summed E-state index contributed by atoms with van der Waals surface area (Å²) in [6.45, 7) is -2.42. The molecule has 2 N–H and O–H groups in total. The molecule has 0 saturated carbocycles. The van der Waals surface area contributed by atoms with E-state index >= 15 is 0 Å².